The smallest absolute Gasteiger partial charge is 0.162 e. The second-order valence-electron chi connectivity index (χ2n) is 5.50. The first-order valence-corrected chi connectivity index (χ1v) is 8.89. The molecule has 0 amide bonds. The van der Waals surface area contributed by atoms with Crippen molar-refractivity contribution < 1.29 is 9.47 Å². The van der Waals surface area contributed by atoms with E-state index in [-0.39, 0.29) is 0 Å². The van der Waals surface area contributed by atoms with E-state index in [9.17, 15) is 0 Å². The number of ether oxygens (including phenoxy) is 2. The summed E-state index contributed by atoms with van der Waals surface area (Å²) in [6, 6.07) is 4.19. The van der Waals surface area contributed by atoms with Crippen LogP contribution in [0.15, 0.2) is 16.6 Å². The van der Waals surface area contributed by atoms with Gasteiger partial charge in [-0.3, -0.25) is 0 Å². The molecule has 1 aliphatic rings. The minimum absolute atomic E-state index is 0.740. The summed E-state index contributed by atoms with van der Waals surface area (Å²) in [5.41, 5.74) is 1.32. The van der Waals surface area contributed by atoms with Gasteiger partial charge in [0.2, 0.25) is 0 Å². The van der Waals surface area contributed by atoms with Gasteiger partial charge in [-0.2, -0.15) is 0 Å². The van der Waals surface area contributed by atoms with Crippen molar-refractivity contribution in [1.82, 2.24) is 5.32 Å². The Hall–Kier alpha value is -0.740. The molecule has 1 aromatic carbocycles. The standard InChI is InChI=1S/C17H26BrNO2/c1-2-8-19-9-5-3-4-7-14-12-16-17(13-15(14)18)21-11-6-10-20-16/h12-13,19H,2-11H2,1H3. The number of unbranched alkanes of at least 4 members (excludes halogenated alkanes) is 2. The minimum atomic E-state index is 0.740. The van der Waals surface area contributed by atoms with Gasteiger partial charge in [0.25, 0.3) is 0 Å². The van der Waals surface area contributed by atoms with Crippen LogP contribution in [-0.2, 0) is 6.42 Å². The summed E-state index contributed by atoms with van der Waals surface area (Å²) < 4.78 is 12.6. The first-order chi connectivity index (χ1) is 10.3. The second-order valence-corrected chi connectivity index (χ2v) is 6.36. The van der Waals surface area contributed by atoms with Crippen LogP contribution in [0.2, 0.25) is 0 Å². The predicted octanol–water partition coefficient (Wildman–Crippen LogP) is 4.32. The van der Waals surface area contributed by atoms with Crippen molar-refractivity contribution in [2.45, 2.75) is 45.4 Å². The molecule has 0 unspecified atom stereocenters. The number of rotatable bonds is 8. The maximum atomic E-state index is 5.76. The van der Waals surface area contributed by atoms with E-state index in [1.165, 1.54) is 31.2 Å². The predicted molar refractivity (Wildman–Crippen MR) is 90.5 cm³/mol. The summed E-state index contributed by atoms with van der Waals surface area (Å²) in [6.07, 6.45) is 6.98. The van der Waals surface area contributed by atoms with Crippen LogP contribution >= 0.6 is 15.9 Å². The van der Waals surface area contributed by atoms with Crippen LogP contribution in [0.1, 0.15) is 44.6 Å². The largest absolute Gasteiger partial charge is 0.490 e. The van der Waals surface area contributed by atoms with E-state index in [0.29, 0.717) is 0 Å². The van der Waals surface area contributed by atoms with Crippen LogP contribution in [0.25, 0.3) is 0 Å². The highest BCUT2D eigenvalue weighted by atomic mass is 79.9. The highest BCUT2D eigenvalue weighted by Crippen LogP contribution is 2.35. The Bertz CT molecular complexity index is 437. The quantitative estimate of drug-likeness (QED) is 0.704. The Morgan fingerprint density at radius 3 is 2.57 bits per heavy atom. The summed E-state index contributed by atoms with van der Waals surface area (Å²) in [6.45, 7) is 5.96. The van der Waals surface area contributed by atoms with Gasteiger partial charge < -0.3 is 14.8 Å². The number of aryl methyl sites for hydroxylation is 1. The van der Waals surface area contributed by atoms with Crippen LogP contribution < -0.4 is 14.8 Å². The Morgan fingerprint density at radius 2 is 1.81 bits per heavy atom. The molecule has 0 aliphatic carbocycles. The molecule has 0 saturated heterocycles. The molecule has 0 atom stereocenters. The zero-order valence-electron chi connectivity index (χ0n) is 12.9. The number of nitrogens with one attached hydrogen (secondary N) is 1. The maximum Gasteiger partial charge on any atom is 0.162 e. The third kappa shape index (κ3) is 5.51. The lowest BCUT2D eigenvalue weighted by Gasteiger charge is -2.11. The van der Waals surface area contributed by atoms with Crippen LogP contribution in [-0.4, -0.2) is 26.3 Å². The van der Waals surface area contributed by atoms with Crippen molar-refractivity contribution >= 4 is 15.9 Å². The lowest BCUT2D eigenvalue weighted by Crippen LogP contribution is -2.15. The van der Waals surface area contributed by atoms with Gasteiger partial charge >= 0.3 is 0 Å². The van der Waals surface area contributed by atoms with Crippen molar-refractivity contribution in [3.05, 3.63) is 22.2 Å². The maximum absolute atomic E-state index is 5.76. The molecule has 0 radical (unpaired) electrons. The van der Waals surface area contributed by atoms with Gasteiger partial charge in [-0.15, -0.1) is 0 Å². The van der Waals surface area contributed by atoms with E-state index in [0.717, 1.165) is 55.1 Å². The van der Waals surface area contributed by atoms with Crippen LogP contribution in [0, 0.1) is 0 Å². The number of hydrogen-bond acceptors (Lipinski definition) is 3. The molecule has 1 N–H and O–H groups in total. The van der Waals surface area contributed by atoms with E-state index in [1.54, 1.807) is 0 Å². The number of hydrogen-bond donors (Lipinski definition) is 1. The van der Waals surface area contributed by atoms with Gasteiger partial charge in [0, 0.05) is 10.9 Å². The molecule has 0 aromatic heterocycles. The molecule has 1 aliphatic heterocycles. The molecule has 0 spiro atoms. The van der Waals surface area contributed by atoms with E-state index in [2.05, 4.69) is 40.3 Å². The number of benzene rings is 1. The zero-order chi connectivity index (χ0) is 14.9. The van der Waals surface area contributed by atoms with Gasteiger partial charge in [0.15, 0.2) is 11.5 Å². The average molecular weight is 356 g/mol. The molecule has 118 valence electrons. The topological polar surface area (TPSA) is 30.5 Å². The van der Waals surface area contributed by atoms with Crippen LogP contribution in [0.5, 0.6) is 11.5 Å². The van der Waals surface area contributed by atoms with Crippen LogP contribution in [0.4, 0.5) is 0 Å². The first-order valence-electron chi connectivity index (χ1n) is 8.10. The molecule has 3 nitrogen and oxygen atoms in total. The third-order valence-electron chi connectivity index (χ3n) is 3.64. The number of fused-ring (bicyclic) bond motifs is 1. The Kier molecular flexibility index (Phi) is 7.37. The van der Waals surface area contributed by atoms with E-state index >= 15 is 0 Å². The van der Waals surface area contributed by atoms with Gasteiger partial charge in [0.1, 0.15) is 0 Å². The van der Waals surface area contributed by atoms with E-state index in [4.69, 9.17) is 9.47 Å². The fraction of sp³-hybridized carbons (Fsp3) is 0.647. The van der Waals surface area contributed by atoms with Crippen molar-refractivity contribution in [3.8, 4) is 11.5 Å². The number of halogens is 1. The van der Waals surface area contributed by atoms with Gasteiger partial charge in [0.05, 0.1) is 13.2 Å². The molecule has 2 rings (SSSR count). The lowest BCUT2D eigenvalue weighted by atomic mass is 10.1. The molecule has 1 aromatic rings. The van der Waals surface area contributed by atoms with Gasteiger partial charge in [-0.05, 0) is 56.5 Å². The molecule has 0 bridgehead atoms. The van der Waals surface area contributed by atoms with Crippen LogP contribution in [0.3, 0.4) is 0 Å². The van der Waals surface area contributed by atoms with Crippen molar-refractivity contribution in [2.75, 3.05) is 26.3 Å². The molecule has 0 saturated carbocycles. The Labute approximate surface area is 136 Å². The summed E-state index contributed by atoms with van der Waals surface area (Å²) in [4.78, 5) is 0. The summed E-state index contributed by atoms with van der Waals surface area (Å²) in [7, 11) is 0. The van der Waals surface area contributed by atoms with Gasteiger partial charge in [-0.1, -0.05) is 29.3 Å². The highest BCUT2D eigenvalue weighted by molar-refractivity contribution is 9.10. The lowest BCUT2D eigenvalue weighted by molar-refractivity contribution is 0.297. The van der Waals surface area contributed by atoms with Crippen molar-refractivity contribution in [1.29, 1.82) is 0 Å². The normalized spacial score (nSPS) is 14.0. The molecule has 21 heavy (non-hydrogen) atoms. The van der Waals surface area contributed by atoms with Crippen molar-refractivity contribution in [3.63, 3.8) is 0 Å². The third-order valence-corrected chi connectivity index (χ3v) is 4.38. The monoisotopic (exact) mass is 355 g/mol. The SMILES string of the molecule is CCCNCCCCCc1cc2c(cc1Br)OCCCO2. The Morgan fingerprint density at radius 1 is 1.05 bits per heavy atom. The molecule has 0 fully saturated rings. The first kappa shape index (κ1) is 16.6. The fourth-order valence-electron chi connectivity index (χ4n) is 2.46. The second kappa shape index (κ2) is 9.31. The molecule has 4 heteroatoms. The summed E-state index contributed by atoms with van der Waals surface area (Å²) >= 11 is 3.66. The van der Waals surface area contributed by atoms with E-state index in [1.807, 2.05) is 0 Å². The minimum Gasteiger partial charge on any atom is -0.490 e. The molecule has 1 heterocycles. The summed E-state index contributed by atoms with van der Waals surface area (Å²) in [5, 5.41) is 3.45. The highest BCUT2D eigenvalue weighted by Gasteiger charge is 2.13. The summed E-state index contributed by atoms with van der Waals surface area (Å²) in [5.74, 6) is 1.77. The fourth-order valence-corrected chi connectivity index (χ4v) is 2.98. The van der Waals surface area contributed by atoms with Gasteiger partial charge in [-0.25, -0.2) is 0 Å². The van der Waals surface area contributed by atoms with E-state index < -0.39 is 0 Å². The molecular formula is C17H26BrNO2. The average Bonchev–Trinajstić information content (AvgIpc) is 2.71. The zero-order valence-corrected chi connectivity index (χ0v) is 14.5. The Balaban J connectivity index is 1.79. The van der Waals surface area contributed by atoms with Crippen molar-refractivity contribution in [2.24, 2.45) is 0 Å². The molecular weight excluding hydrogens is 330 g/mol.